The van der Waals surface area contributed by atoms with Crippen molar-refractivity contribution >= 4 is 29.5 Å². The Balaban J connectivity index is 1.45. The van der Waals surface area contributed by atoms with Crippen molar-refractivity contribution in [3.8, 4) is 5.75 Å². The van der Waals surface area contributed by atoms with E-state index in [0.717, 1.165) is 25.0 Å². The number of benzene rings is 2. The summed E-state index contributed by atoms with van der Waals surface area (Å²) in [5.41, 5.74) is -0.838. The normalized spacial score (nSPS) is 13.8. The highest BCUT2D eigenvalue weighted by molar-refractivity contribution is 5.98. The molecule has 1 aliphatic rings. The number of esters is 1. The maximum absolute atomic E-state index is 12.8. The molecule has 1 unspecified atom stereocenters. The van der Waals surface area contributed by atoms with Gasteiger partial charge in [-0.25, -0.2) is 9.59 Å². The third-order valence-electron chi connectivity index (χ3n) is 4.74. The molecule has 186 valence electrons. The van der Waals surface area contributed by atoms with E-state index in [1.807, 2.05) is 0 Å². The highest BCUT2D eigenvalue weighted by atomic mass is 19.4. The summed E-state index contributed by atoms with van der Waals surface area (Å²) in [7, 11) is 0. The SMILES string of the molecule is CC(OC(=O)c1ccc(OCC(=O)Nc2cccc(C(F)(F)F)c2)cc1)C(=O)NC(=O)NC1CC1. The molecule has 0 heterocycles. The lowest BCUT2D eigenvalue weighted by Crippen LogP contribution is -2.45. The first-order valence-electron chi connectivity index (χ1n) is 10.5. The van der Waals surface area contributed by atoms with Gasteiger partial charge in [-0.1, -0.05) is 6.07 Å². The molecule has 1 saturated carbocycles. The molecular weight excluding hydrogens is 471 g/mol. The van der Waals surface area contributed by atoms with E-state index < -0.39 is 48.3 Å². The number of nitrogens with one attached hydrogen (secondary N) is 3. The predicted octanol–water partition coefficient (Wildman–Crippen LogP) is 3.26. The lowest BCUT2D eigenvalue weighted by atomic mass is 10.2. The van der Waals surface area contributed by atoms with Crippen molar-refractivity contribution in [1.82, 2.24) is 10.6 Å². The molecule has 35 heavy (non-hydrogen) atoms. The summed E-state index contributed by atoms with van der Waals surface area (Å²) in [4.78, 5) is 47.8. The summed E-state index contributed by atoms with van der Waals surface area (Å²) >= 11 is 0. The third-order valence-corrected chi connectivity index (χ3v) is 4.74. The number of amides is 4. The van der Waals surface area contributed by atoms with Gasteiger partial charge in [-0.3, -0.25) is 14.9 Å². The van der Waals surface area contributed by atoms with E-state index in [2.05, 4.69) is 16.0 Å². The van der Waals surface area contributed by atoms with Gasteiger partial charge < -0.3 is 20.1 Å². The van der Waals surface area contributed by atoms with Crippen molar-refractivity contribution in [2.75, 3.05) is 11.9 Å². The molecule has 4 amide bonds. The van der Waals surface area contributed by atoms with Gasteiger partial charge in [0.2, 0.25) is 0 Å². The second-order valence-corrected chi connectivity index (χ2v) is 7.72. The summed E-state index contributed by atoms with van der Waals surface area (Å²) < 4.78 is 48.6. The van der Waals surface area contributed by atoms with Gasteiger partial charge in [-0.2, -0.15) is 13.2 Å². The zero-order chi connectivity index (χ0) is 25.6. The highest BCUT2D eigenvalue weighted by Crippen LogP contribution is 2.30. The molecule has 3 N–H and O–H groups in total. The summed E-state index contributed by atoms with van der Waals surface area (Å²) in [6.45, 7) is 0.832. The smallest absolute Gasteiger partial charge is 0.416 e. The minimum absolute atomic E-state index is 0.0327. The van der Waals surface area contributed by atoms with Crippen LogP contribution in [0.3, 0.4) is 0 Å². The Morgan fingerprint density at radius 1 is 1.06 bits per heavy atom. The van der Waals surface area contributed by atoms with Gasteiger partial charge in [0.25, 0.3) is 11.8 Å². The third kappa shape index (κ3) is 8.02. The minimum atomic E-state index is -4.54. The summed E-state index contributed by atoms with van der Waals surface area (Å²) in [6.07, 6.45) is -4.05. The topological polar surface area (TPSA) is 123 Å². The molecule has 0 saturated heterocycles. The van der Waals surface area contributed by atoms with Gasteiger partial charge in [0.15, 0.2) is 12.7 Å². The number of anilines is 1. The molecule has 2 aromatic carbocycles. The first kappa shape index (κ1) is 25.5. The largest absolute Gasteiger partial charge is 0.484 e. The number of carbonyl (C=O) groups excluding carboxylic acids is 4. The molecule has 3 rings (SSSR count). The summed E-state index contributed by atoms with van der Waals surface area (Å²) in [5, 5.41) is 6.98. The van der Waals surface area contributed by atoms with Crippen LogP contribution in [-0.4, -0.2) is 42.6 Å². The minimum Gasteiger partial charge on any atom is -0.484 e. The Kier molecular flexibility index (Phi) is 7.94. The van der Waals surface area contributed by atoms with Crippen LogP contribution in [0.4, 0.5) is 23.7 Å². The zero-order valence-corrected chi connectivity index (χ0v) is 18.5. The fraction of sp³-hybridized carbons (Fsp3) is 0.304. The Morgan fingerprint density at radius 3 is 2.37 bits per heavy atom. The Hall–Kier alpha value is -4.09. The molecule has 9 nitrogen and oxygen atoms in total. The summed E-state index contributed by atoms with van der Waals surface area (Å²) in [5.74, 6) is -2.06. The number of hydrogen-bond donors (Lipinski definition) is 3. The molecule has 2 aromatic rings. The van der Waals surface area contributed by atoms with E-state index in [0.29, 0.717) is 0 Å². The average Bonchev–Trinajstić information content (AvgIpc) is 3.61. The van der Waals surface area contributed by atoms with Crippen LogP contribution in [0.2, 0.25) is 0 Å². The van der Waals surface area contributed by atoms with Gasteiger partial charge in [0.05, 0.1) is 11.1 Å². The number of halogens is 3. The van der Waals surface area contributed by atoms with Crippen LogP contribution in [0.1, 0.15) is 35.7 Å². The number of urea groups is 1. The first-order chi connectivity index (χ1) is 16.5. The van der Waals surface area contributed by atoms with Gasteiger partial charge in [-0.15, -0.1) is 0 Å². The Bertz CT molecular complexity index is 1100. The van der Waals surface area contributed by atoms with E-state index in [1.165, 1.54) is 43.3 Å². The van der Waals surface area contributed by atoms with Crippen molar-refractivity contribution in [2.24, 2.45) is 0 Å². The fourth-order valence-corrected chi connectivity index (χ4v) is 2.75. The van der Waals surface area contributed by atoms with Gasteiger partial charge >= 0.3 is 18.2 Å². The Labute approximate surface area is 198 Å². The maximum atomic E-state index is 12.8. The van der Waals surface area contributed by atoms with Crippen molar-refractivity contribution in [1.29, 1.82) is 0 Å². The van der Waals surface area contributed by atoms with Crippen molar-refractivity contribution in [3.05, 3.63) is 59.7 Å². The van der Waals surface area contributed by atoms with E-state index in [4.69, 9.17) is 9.47 Å². The van der Waals surface area contributed by atoms with Crippen LogP contribution in [-0.2, 0) is 20.5 Å². The number of hydrogen-bond acceptors (Lipinski definition) is 6. The molecule has 12 heteroatoms. The number of alkyl halides is 3. The van der Waals surface area contributed by atoms with Crippen LogP contribution in [0.5, 0.6) is 5.75 Å². The standard InChI is InChI=1S/C23H22F3N3O6/c1-13(20(31)29-22(33)28-16-7-8-16)35-21(32)14-5-9-18(10-6-14)34-12-19(30)27-17-4-2-3-15(11-17)23(24,25)26/h2-6,9-11,13,16H,7-8,12H2,1H3,(H,27,30)(H2,28,29,31,33). The molecule has 0 aliphatic heterocycles. The quantitative estimate of drug-likeness (QED) is 0.485. The van der Waals surface area contributed by atoms with Crippen molar-refractivity contribution < 1.29 is 41.8 Å². The lowest BCUT2D eigenvalue weighted by Gasteiger charge is -2.13. The van der Waals surface area contributed by atoms with E-state index in [1.54, 1.807) is 0 Å². The zero-order valence-electron chi connectivity index (χ0n) is 18.5. The molecule has 0 radical (unpaired) electrons. The van der Waals surface area contributed by atoms with Crippen molar-refractivity contribution in [3.63, 3.8) is 0 Å². The lowest BCUT2D eigenvalue weighted by molar-refractivity contribution is -0.137. The summed E-state index contributed by atoms with van der Waals surface area (Å²) in [6, 6.07) is 9.02. The average molecular weight is 493 g/mol. The molecule has 1 aliphatic carbocycles. The van der Waals surface area contributed by atoms with Crippen LogP contribution in [0, 0.1) is 0 Å². The molecule has 1 fully saturated rings. The number of imide groups is 1. The molecular formula is C23H22F3N3O6. The number of rotatable bonds is 8. The predicted molar refractivity (Wildman–Crippen MR) is 117 cm³/mol. The van der Waals surface area contributed by atoms with Crippen LogP contribution < -0.4 is 20.7 Å². The van der Waals surface area contributed by atoms with Gasteiger partial charge in [-0.05, 0) is 62.2 Å². The highest BCUT2D eigenvalue weighted by Gasteiger charge is 2.30. The van der Waals surface area contributed by atoms with Crippen molar-refractivity contribution in [2.45, 2.75) is 38.1 Å². The van der Waals surface area contributed by atoms with E-state index in [-0.39, 0.29) is 23.0 Å². The fourth-order valence-electron chi connectivity index (χ4n) is 2.75. The second-order valence-electron chi connectivity index (χ2n) is 7.72. The molecule has 0 bridgehead atoms. The second kappa shape index (κ2) is 10.9. The monoisotopic (exact) mass is 493 g/mol. The number of ether oxygens (including phenoxy) is 2. The van der Waals surface area contributed by atoms with Gasteiger partial charge in [0, 0.05) is 11.7 Å². The van der Waals surface area contributed by atoms with Crippen LogP contribution in [0.25, 0.3) is 0 Å². The van der Waals surface area contributed by atoms with Gasteiger partial charge in [0.1, 0.15) is 5.75 Å². The van der Waals surface area contributed by atoms with E-state index in [9.17, 15) is 32.3 Å². The Morgan fingerprint density at radius 2 is 1.74 bits per heavy atom. The van der Waals surface area contributed by atoms with E-state index >= 15 is 0 Å². The molecule has 0 aromatic heterocycles. The maximum Gasteiger partial charge on any atom is 0.416 e. The van der Waals surface area contributed by atoms with Crippen LogP contribution >= 0.6 is 0 Å². The first-order valence-corrected chi connectivity index (χ1v) is 10.5. The molecule has 1 atom stereocenters. The number of carbonyl (C=O) groups is 4. The molecule has 0 spiro atoms. The van der Waals surface area contributed by atoms with Crippen LogP contribution in [0.15, 0.2) is 48.5 Å².